The zero-order valence-corrected chi connectivity index (χ0v) is 22.1. The second-order valence-corrected chi connectivity index (χ2v) is 9.24. The van der Waals surface area contributed by atoms with Crippen molar-refractivity contribution in [3.63, 3.8) is 0 Å². The molecule has 35 heavy (non-hydrogen) atoms. The van der Waals surface area contributed by atoms with Crippen molar-refractivity contribution in [2.45, 2.75) is 37.4 Å². The minimum absolute atomic E-state index is 0. The normalized spacial score (nSPS) is 20.0. The van der Waals surface area contributed by atoms with Gasteiger partial charge in [0, 0.05) is 37.6 Å². The molecule has 188 valence electrons. The van der Waals surface area contributed by atoms with Crippen LogP contribution < -0.4 is 9.47 Å². The van der Waals surface area contributed by atoms with Crippen molar-refractivity contribution in [1.29, 1.82) is 0 Å². The Kier molecular flexibility index (Phi) is 9.88. The number of nitrogens with zero attached hydrogens (tertiary/aromatic N) is 2. The molecule has 0 spiro atoms. The number of halogens is 2. The average Bonchev–Trinajstić information content (AvgIpc) is 3.34. The maximum atomic E-state index is 5.71. The molecule has 2 heterocycles. The molecule has 2 fully saturated rings. The summed E-state index contributed by atoms with van der Waals surface area (Å²) in [6.45, 7) is 4.14. The van der Waals surface area contributed by atoms with Crippen molar-refractivity contribution in [1.82, 2.24) is 9.80 Å². The van der Waals surface area contributed by atoms with Crippen molar-refractivity contribution in [2.75, 3.05) is 33.9 Å². The number of benzene rings is 3. The van der Waals surface area contributed by atoms with E-state index in [1.54, 1.807) is 14.2 Å². The van der Waals surface area contributed by atoms with E-state index < -0.39 is 0 Å². The Hall–Kier alpha value is -2.24. The van der Waals surface area contributed by atoms with Crippen LogP contribution in [0.3, 0.4) is 0 Å². The number of hydrogen-bond donors (Lipinski definition) is 0. The summed E-state index contributed by atoms with van der Waals surface area (Å²) >= 11 is 0. The summed E-state index contributed by atoms with van der Waals surface area (Å²) in [5, 5.41) is 0. The van der Waals surface area contributed by atoms with E-state index in [4.69, 9.17) is 9.47 Å². The van der Waals surface area contributed by atoms with E-state index in [0.29, 0.717) is 18.0 Å². The molecule has 0 bridgehead atoms. The topological polar surface area (TPSA) is 24.9 Å². The first-order valence-electron chi connectivity index (χ1n) is 12.1. The third kappa shape index (κ3) is 5.78. The minimum atomic E-state index is 0. The summed E-state index contributed by atoms with van der Waals surface area (Å²) in [6.07, 6.45) is 2.55. The molecule has 2 atom stereocenters. The van der Waals surface area contributed by atoms with Crippen LogP contribution in [0.15, 0.2) is 78.9 Å². The number of rotatable bonds is 7. The van der Waals surface area contributed by atoms with Gasteiger partial charge in [-0.05, 0) is 42.6 Å². The highest BCUT2D eigenvalue weighted by Crippen LogP contribution is 2.39. The van der Waals surface area contributed by atoms with E-state index >= 15 is 0 Å². The molecule has 0 unspecified atom stereocenters. The van der Waals surface area contributed by atoms with Crippen molar-refractivity contribution in [3.8, 4) is 11.5 Å². The number of fused-ring (bicyclic) bond motifs is 1. The fourth-order valence-corrected chi connectivity index (χ4v) is 5.92. The quantitative estimate of drug-likeness (QED) is 0.384. The lowest BCUT2D eigenvalue weighted by molar-refractivity contribution is 0.0377. The van der Waals surface area contributed by atoms with Crippen molar-refractivity contribution >= 4 is 24.8 Å². The summed E-state index contributed by atoms with van der Waals surface area (Å²) in [7, 11) is 3.49. The zero-order valence-electron chi connectivity index (χ0n) is 20.5. The second kappa shape index (κ2) is 12.6. The number of piperazine rings is 1. The number of methoxy groups -OCH3 is 2. The molecule has 3 aromatic carbocycles. The summed E-state index contributed by atoms with van der Waals surface area (Å²) in [6, 6.07) is 29.2. The van der Waals surface area contributed by atoms with E-state index in [-0.39, 0.29) is 24.8 Å². The first kappa shape index (κ1) is 27.3. The smallest absolute Gasteiger partial charge is 0.127 e. The maximum absolute atomic E-state index is 5.71. The highest BCUT2D eigenvalue weighted by atomic mass is 35.5. The van der Waals surface area contributed by atoms with Gasteiger partial charge in [0.1, 0.15) is 11.5 Å². The molecule has 0 saturated carbocycles. The predicted molar refractivity (Wildman–Crippen MR) is 148 cm³/mol. The Morgan fingerprint density at radius 2 is 1.34 bits per heavy atom. The van der Waals surface area contributed by atoms with Crippen molar-refractivity contribution < 1.29 is 9.47 Å². The largest absolute Gasteiger partial charge is 0.496 e. The highest BCUT2D eigenvalue weighted by molar-refractivity contribution is 5.85. The summed E-state index contributed by atoms with van der Waals surface area (Å²) in [5.74, 6) is 2.15. The molecule has 2 aliphatic heterocycles. The van der Waals surface area contributed by atoms with Crippen LogP contribution >= 0.6 is 24.8 Å². The molecule has 6 heteroatoms. The SMILES string of the molecule is COc1cccc(OC)c1CN1C[C@@H]2CCCN2[C@H](C(c2ccccc2)c2ccccc2)C1.Cl.Cl. The van der Waals surface area contributed by atoms with Crippen LogP contribution in [-0.4, -0.2) is 55.7 Å². The van der Waals surface area contributed by atoms with Gasteiger partial charge < -0.3 is 9.47 Å². The van der Waals surface area contributed by atoms with E-state index in [9.17, 15) is 0 Å². The summed E-state index contributed by atoms with van der Waals surface area (Å²) < 4.78 is 11.4. The first-order valence-corrected chi connectivity index (χ1v) is 12.1. The van der Waals surface area contributed by atoms with Gasteiger partial charge in [-0.2, -0.15) is 0 Å². The fourth-order valence-electron chi connectivity index (χ4n) is 5.92. The van der Waals surface area contributed by atoms with Gasteiger partial charge in [-0.15, -0.1) is 24.8 Å². The predicted octanol–water partition coefficient (Wildman–Crippen LogP) is 6.03. The molecule has 0 aromatic heterocycles. The molecule has 2 aliphatic rings. The first-order chi connectivity index (χ1) is 16.3. The Labute approximate surface area is 222 Å². The van der Waals surface area contributed by atoms with Crippen LogP contribution in [0, 0.1) is 0 Å². The van der Waals surface area contributed by atoms with Gasteiger partial charge in [-0.1, -0.05) is 66.7 Å². The van der Waals surface area contributed by atoms with E-state index in [1.165, 1.54) is 30.5 Å². The highest BCUT2D eigenvalue weighted by Gasteiger charge is 2.42. The average molecular weight is 516 g/mol. The van der Waals surface area contributed by atoms with Gasteiger partial charge in [0.15, 0.2) is 0 Å². The zero-order chi connectivity index (χ0) is 22.6. The van der Waals surface area contributed by atoms with Crippen LogP contribution in [0.4, 0.5) is 0 Å². The molecule has 5 rings (SSSR count). The molecule has 2 saturated heterocycles. The third-order valence-electron chi connectivity index (χ3n) is 7.38. The van der Waals surface area contributed by atoms with E-state index in [1.807, 2.05) is 18.2 Å². The molecule has 0 aliphatic carbocycles. The summed E-state index contributed by atoms with van der Waals surface area (Å²) in [4.78, 5) is 5.41. The second-order valence-electron chi connectivity index (χ2n) is 9.24. The lowest BCUT2D eigenvalue weighted by Gasteiger charge is -2.47. The number of ether oxygens (including phenoxy) is 2. The molecule has 3 aromatic rings. The van der Waals surface area contributed by atoms with Crippen molar-refractivity contribution in [2.24, 2.45) is 0 Å². The molecule has 0 amide bonds. The minimum Gasteiger partial charge on any atom is -0.496 e. The molecule has 0 N–H and O–H groups in total. The van der Waals surface area contributed by atoms with Gasteiger partial charge >= 0.3 is 0 Å². The number of hydrogen-bond acceptors (Lipinski definition) is 4. The maximum Gasteiger partial charge on any atom is 0.127 e. The monoisotopic (exact) mass is 514 g/mol. The molecular formula is C29H36Cl2N2O2. The van der Waals surface area contributed by atoms with E-state index in [2.05, 4.69) is 70.5 Å². The van der Waals surface area contributed by atoms with Gasteiger partial charge in [0.05, 0.1) is 19.8 Å². The van der Waals surface area contributed by atoms with Crippen LogP contribution in [0.25, 0.3) is 0 Å². The Balaban J connectivity index is 0.00000171. The van der Waals surface area contributed by atoms with Gasteiger partial charge in [-0.3, -0.25) is 9.80 Å². The Bertz CT molecular complexity index is 989. The standard InChI is InChI=1S/C29H34N2O2.2ClH/c1-32-27-16-9-17-28(33-2)25(27)20-30-19-24-15-10-18-31(24)26(21-30)29(22-11-5-3-6-12-22)23-13-7-4-8-14-23;;/h3-9,11-14,16-17,24,26,29H,10,15,18-21H2,1-2H3;2*1H/t24-,26-;;/m0../s1. The van der Waals surface area contributed by atoms with Gasteiger partial charge in [0.25, 0.3) is 0 Å². The van der Waals surface area contributed by atoms with Gasteiger partial charge in [0.2, 0.25) is 0 Å². The molecular weight excluding hydrogens is 479 g/mol. The third-order valence-corrected chi connectivity index (χ3v) is 7.38. The van der Waals surface area contributed by atoms with E-state index in [0.717, 1.165) is 36.7 Å². The Morgan fingerprint density at radius 1 is 0.771 bits per heavy atom. The molecule has 0 radical (unpaired) electrons. The molecule has 4 nitrogen and oxygen atoms in total. The van der Waals surface area contributed by atoms with Crippen LogP contribution in [0.1, 0.15) is 35.4 Å². The van der Waals surface area contributed by atoms with Crippen LogP contribution in [0.2, 0.25) is 0 Å². The fraction of sp³-hybridized carbons (Fsp3) is 0.379. The summed E-state index contributed by atoms with van der Waals surface area (Å²) in [5.41, 5.74) is 3.94. The van der Waals surface area contributed by atoms with Crippen LogP contribution in [0.5, 0.6) is 11.5 Å². The lowest BCUT2D eigenvalue weighted by Crippen LogP contribution is -2.57. The van der Waals surface area contributed by atoms with Crippen molar-refractivity contribution in [3.05, 3.63) is 95.6 Å². The lowest BCUT2D eigenvalue weighted by atomic mass is 9.82. The van der Waals surface area contributed by atoms with Crippen LogP contribution in [-0.2, 0) is 6.54 Å². The Morgan fingerprint density at radius 3 is 1.89 bits per heavy atom. The van der Waals surface area contributed by atoms with Gasteiger partial charge in [-0.25, -0.2) is 0 Å².